The van der Waals surface area contributed by atoms with Gasteiger partial charge in [-0.3, -0.25) is 9.48 Å². The van der Waals surface area contributed by atoms with Crippen LogP contribution in [-0.2, 0) is 16.6 Å². The Morgan fingerprint density at radius 3 is 2.37 bits per heavy atom. The summed E-state index contributed by atoms with van der Waals surface area (Å²) in [6.07, 6.45) is -0.750. The van der Waals surface area contributed by atoms with Gasteiger partial charge in [0.15, 0.2) is 6.10 Å². The van der Waals surface area contributed by atoms with Gasteiger partial charge in [-0.25, -0.2) is 4.79 Å². The number of nitrogens with one attached hydrogen (secondary N) is 1. The highest BCUT2D eigenvalue weighted by molar-refractivity contribution is 6.02. The summed E-state index contributed by atoms with van der Waals surface area (Å²) in [5.74, 6) is 0.428. The van der Waals surface area contributed by atoms with Crippen molar-refractivity contribution < 1.29 is 19.1 Å². The number of nitrogens with zero attached hydrogens (tertiary/aromatic N) is 2. The van der Waals surface area contributed by atoms with Crippen LogP contribution in [0.3, 0.4) is 0 Å². The van der Waals surface area contributed by atoms with Crippen LogP contribution in [0.5, 0.6) is 5.75 Å². The van der Waals surface area contributed by atoms with Crippen molar-refractivity contribution in [2.45, 2.75) is 46.6 Å². The van der Waals surface area contributed by atoms with E-state index in [0.717, 1.165) is 0 Å². The summed E-state index contributed by atoms with van der Waals surface area (Å²) in [6.45, 7) is 9.54. The molecule has 1 aromatic carbocycles. The second kappa shape index (κ2) is 8.70. The highest BCUT2D eigenvalue weighted by atomic mass is 16.5. The van der Waals surface area contributed by atoms with E-state index in [2.05, 4.69) is 24.3 Å². The maximum absolute atomic E-state index is 12.6. The lowest BCUT2D eigenvalue weighted by atomic mass is 10.0. The minimum atomic E-state index is -0.750. The van der Waals surface area contributed by atoms with Gasteiger partial charge < -0.3 is 14.8 Å². The minimum absolute atomic E-state index is 0.243. The van der Waals surface area contributed by atoms with Gasteiger partial charge in [0.2, 0.25) is 0 Å². The van der Waals surface area contributed by atoms with E-state index in [1.807, 2.05) is 24.3 Å². The lowest BCUT2D eigenvalue weighted by Crippen LogP contribution is -2.31. The first-order valence-corrected chi connectivity index (χ1v) is 9.02. The summed E-state index contributed by atoms with van der Waals surface area (Å²) in [5.41, 5.74) is 1.94. The summed E-state index contributed by atoms with van der Waals surface area (Å²) >= 11 is 0. The van der Waals surface area contributed by atoms with Crippen LogP contribution >= 0.6 is 0 Å². The molecule has 1 unspecified atom stereocenters. The molecule has 2 rings (SSSR count). The monoisotopic (exact) mass is 373 g/mol. The molecule has 0 radical (unpaired) electrons. The molecule has 0 aliphatic heterocycles. The number of aromatic nitrogens is 2. The molecule has 1 aromatic heterocycles. The van der Waals surface area contributed by atoms with Gasteiger partial charge in [0.1, 0.15) is 17.1 Å². The van der Waals surface area contributed by atoms with Crippen LogP contribution in [-0.4, -0.2) is 34.4 Å². The first kappa shape index (κ1) is 20.5. The highest BCUT2D eigenvalue weighted by Gasteiger charge is 2.25. The number of esters is 1. The molecule has 1 amide bonds. The fourth-order valence-corrected chi connectivity index (χ4v) is 2.66. The molecule has 0 aliphatic carbocycles. The lowest BCUT2D eigenvalue weighted by Gasteiger charge is -2.16. The van der Waals surface area contributed by atoms with E-state index < -0.39 is 12.1 Å². The number of hydrogen-bond donors (Lipinski definition) is 1. The van der Waals surface area contributed by atoms with Gasteiger partial charge in [0.05, 0.1) is 12.3 Å². The molecule has 0 saturated carbocycles. The van der Waals surface area contributed by atoms with Crippen LogP contribution in [0.2, 0.25) is 0 Å². The van der Waals surface area contributed by atoms with Crippen LogP contribution in [0.1, 0.15) is 55.2 Å². The summed E-state index contributed by atoms with van der Waals surface area (Å²) in [6, 6.07) is 7.65. The molecule has 146 valence electrons. The van der Waals surface area contributed by atoms with Gasteiger partial charge in [0.25, 0.3) is 5.91 Å². The van der Waals surface area contributed by atoms with Gasteiger partial charge in [-0.05, 0) is 44.4 Å². The Kier molecular flexibility index (Phi) is 6.60. The number of anilines is 1. The maximum Gasteiger partial charge on any atom is 0.343 e. The molecule has 7 nitrogen and oxygen atoms in total. The standard InChI is InChI=1S/C20H27N3O4/c1-7-26-20(25)17-13(4)22-23(6)18(17)21-19(24)14(5)27-16-10-8-15(9-11-16)12(2)3/h8-12,14H,7H2,1-6H3,(H,21,24). The molecule has 0 saturated heterocycles. The zero-order valence-electron chi connectivity index (χ0n) is 16.7. The predicted molar refractivity (Wildman–Crippen MR) is 103 cm³/mol. The van der Waals surface area contributed by atoms with E-state index in [9.17, 15) is 9.59 Å². The number of hydrogen-bond acceptors (Lipinski definition) is 5. The summed E-state index contributed by atoms with van der Waals surface area (Å²) in [4.78, 5) is 24.7. The number of carbonyl (C=O) groups is 2. The molecule has 0 bridgehead atoms. The van der Waals surface area contributed by atoms with Crippen molar-refractivity contribution >= 4 is 17.7 Å². The van der Waals surface area contributed by atoms with Crippen molar-refractivity contribution in [2.24, 2.45) is 7.05 Å². The Bertz CT molecular complexity index is 809. The Hall–Kier alpha value is -2.83. The third-order valence-corrected chi connectivity index (χ3v) is 4.17. The normalized spacial score (nSPS) is 12.0. The second-order valence-corrected chi connectivity index (χ2v) is 6.63. The molecule has 1 atom stereocenters. The number of benzene rings is 1. The van der Waals surface area contributed by atoms with Crippen LogP contribution in [0.4, 0.5) is 5.82 Å². The SMILES string of the molecule is CCOC(=O)c1c(C)nn(C)c1NC(=O)C(C)Oc1ccc(C(C)C)cc1. The van der Waals surface area contributed by atoms with Crippen LogP contribution < -0.4 is 10.1 Å². The van der Waals surface area contributed by atoms with E-state index in [-0.39, 0.29) is 18.1 Å². The summed E-state index contributed by atoms with van der Waals surface area (Å²) in [7, 11) is 1.65. The molecule has 0 fully saturated rings. The third-order valence-electron chi connectivity index (χ3n) is 4.17. The van der Waals surface area contributed by atoms with E-state index in [4.69, 9.17) is 9.47 Å². The molecule has 0 spiro atoms. The zero-order chi connectivity index (χ0) is 20.1. The zero-order valence-corrected chi connectivity index (χ0v) is 16.7. The van der Waals surface area contributed by atoms with Gasteiger partial charge in [-0.1, -0.05) is 26.0 Å². The summed E-state index contributed by atoms with van der Waals surface area (Å²) < 4.78 is 12.2. The smallest absolute Gasteiger partial charge is 0.343 e. The van der Waals surface area contributed by atoms with E-state index in [1.165, 1.54) is 10.2 Å². The van der Waals surface area contributed by atoms with Crippen LogP contribution in [0, 0.1) is 6.92 Å². The first-order valence-electron chi connectivity index (χ1n) is 9.02. The van der Waals surface area contributed by atoms with Gasteiger partial charge >= 0.3 is 5.97 Å². The molecule has 7 heteroatoms. The van der Waals surface area contributed by atoms with Gasteiger partial charge in [0, 0.05) is 7.05 Å². The highest BCUT2D eigenvalue weighted by Crippen LogP contribution is 2.22. The van der Waals surface area contributed by atoms with Crippen LogP contribution in [0.25, 0.3) is 0 Å². The van der Waals surface area contributed by atoms with Gasteiger partial charge in [-0.2, -0.15) is 5.10 Å². The molecule has 1 heterocycles. The average Bonchev–Trinajstić information content (AvgIpc) is 2.89. The van der Waals surface area contributed by atoms with E-state index in [0.29, 0.717) is 23.2 Å². The minimum Gasteiger partial charge on any atom is -0.481 e. The van der Waals surface area contributed by atoms with Crippen molar-refractivity contribution in [2.75, 3.05) is 11.9 Å². The second-order valence-electron chi connectivity index (χ2n) is 6.63. The quantitative estimate of drug-likeness (QED) is 0.752. The Morgan fingerprint density at radius 2 is 1.81 bits per heavy atom. The number of ether oxygens (including phenoxy) is 2. The Labute approximate surface area is 159 Å². The Balaban J connectivity index is 2.11. The number of carbonyl (C=O) groups excluding carboxylic acids is 2. The molecular formula is C20H27N3O4. The van der Waals surface area contributed by atoms with Crippen molar-refractivity contribution in [1.82, 2.24) is 9.78 Å². The van der Waals surface area contributed by atoms with Crippen molar-refractivity contribution in [3.63, 3.8) is 0 Å². The van der Waals surface area contributed by atoms with Crippen molar-refractivity contribution in [3.8, 4) is 5.75 Å². The molecule has 1 N–H and O–H groups in total. The summed E-state index contributed by atoms with van der Waals surface area (Å²) in [5, 5.41) is 6.92. The predicted octanol–water partition coefficient (Wildman–Crippen LogP) is 3.43. The fourth-order valence-electron chi connectivity index (χ4n) is 2.66. The largest absolute Gasteiger partial charge is 0.481 e. The number of rotatable bonds is 7. The Morgan fingerprint density at radius 1 is 1.19 bits per heavy atom. The van der Waals surface area contributed by atoms with Crippen molar-refractivity contribution in [3.05, 3.63) is 41.1 Å². The van der Waals surface area contributed by atoms with E-state index in [1.54, 1.807) is 27.8 Å². The molecule has 27 heavy (non-hydrogen) atoms. The lowest BCUT2D eigenvalue weighted by molar-refractivity contribution is -0.122. The molecule has 0 aliphatic rings. The maximum atomic E-state index is 12.6. The third kappa shape index (κ3) is 4.87. The van der Waals surface area contributed by atoms with E-state index >= 15 is 0 Å². The van der Waals surface area contributed by atoms with Gasteiger partial charge in [-0.15, -0.1) is 0 Å². The fraction of sp³-hybridized carbons (Fsp3) is 0.450. The van der Waals surface area contributed by atoms with Crippen molar-refractivity contribution in [1.29, 1.82) is 0 Å². The number of aryl methyl sites for hydroxylation is 2. The molecule has 2 aromatic rings. The average molecular weight is 373 g/mol. The first-order chi connectivity index (χ1) is 12.7. The van der Waals surface area contributed by atoms with Crippen LogP contribution in [0.15, 0.2) is 24.3 Å². The topological polar surface area (TPSA) is 82.5 Å². The molecular weight excluding hydrogens is 346 g/mol. The number of amides is 1.